The topological polar surface area (TPSA) is 64.7 Å². The second kappa shape index (κ2) is 6.37. The molecule has 0 fully saturated rings. The Morgan fingerprint density at radius 3 is 2.87 bits per heavy atom. The fourth-order valence-corrected chi connectivity index (χ4v) is 2.87. The lowest BCUT2D eigenvalue weighted by Crippen LogP contribution is -2.13. The van der Waals surface area contributed by atoms with Crippen LogP contribution in [-0.2, 0) is 13.6 Å². The van der Waals surface area contributed by atoms with Crippen molar-refractivity contribution in [2.75, 3.05) is 5.32 Å². The van der Waals surface area contributed by atoms with Gasteiger partial charge in [0.25, 0.3) is 5.91 Å². The quantitative estimate of drug-likeness (QED) is 0.764. The minimum absolute atomic E-state index is 0.271. The van der Waals surface area contributed by atoms with Gasteiger partial charge in [0.1, 0.15) is 0 Å². The van der Waals surface area contributed by atoms with Crippen LogP contribution in [0.15, 0.2) is 47.3 Å². The SMILES string of the molecule is Cc1cccc(Cn2cc(NC(=O)c3nn(C)cc3Br)cn2)c1. The van der Waals surface area contributed by atoms with E-state index < -0.39 is 0 Å². The summed E-state index contributed by atoms with van der Waals surface area (Å²) in [6, 6.07) is 8.25. The van der Waals surface area contributed by atoms with Crippen molar-refractivity contribution < 1.29 is 4.79 Å². The standard InChI is InChI=1S/C16H16BrN5O/c1-11-4-3-5-12(6-11)8-22-9-13(7-18-22)19-16(23)15-14(17)10-21(2)20-15/h3-7,9-10H,8H2,1-2H3,(H,19,23). The van der Waals surface area contributed by atoms with E-state index in [1.54, 1.807) is 35.0 Å². The van der Waals surface area contributed by atoms with E-state index in [9.17, 15) is 4.79 Å². The molecule has 0 aliphatic rings. The van der Waals surface area contributed by atoms with E-state index in [-0.39, 0.29) is 5.91 Å². The summed E-state index contributed by atoms with van der Waals surface area (Å²) in [5.41, 5.74) is 3.36. The highest BCUT2D eigenvalue weighted by Gasteiger charge is 2.15. The molecule has 0 bridgehead atoms. The van der Waals surface area contributed by atoms with Crippen LogP contribution in [0.4, 0.5) is 5.69 Å². The maximum absolute atomic E-state index is 12.2. The van der Waals surface area contributed by atoms with Gasteiger partial charge in [0.15, 0.2) is 5.69 Å². The Hall–Kier alpha value is -2.41. The number of aromatic nitrogens is 4. The van der Waals surface area contributed by atoms with Crippen molar-refractivity contribution in [1.29, 1.82) is 0 Å². The lowest BCUT2D eigenvalue weighted by molar-refractivity contribution is 0.102. The molecule has 0 saturated carbocycles. The Kier molecular flexibility index (Phi) is 4.29. The van der Waals surface area contributed by atoms with Crippen molar-refractivity contribution in [2.24, 2.45) is 7.05 Å². The average molecular weight is 374 g/mol. The van der Waals surface area contributed by atoms with Crippen LogP contribution in [0.2, 0.25) is 0 Å². The molecule has 2 heterocycles. The van der Waals surface area contributed by atoms with E-state index in [4.69, 9.17) is 0 Å². The molecule has 6 nitrogen and oxygen atoms in total. The first-order valence-corrected chi connectivity index (χ1v) is 7.89. The van der Waals surface area contributed by atoms with E-state index in [0.717, 1.165) is 0 Å². The fourth-order valence-electron chi connectivity index (χ4n) is 2.32. The third-order valence-corrected chi connectivity index (χ3v) is 3.90. The predicted octanol–water partition coefficient (Wildman–Crippen LogP) is 2.99. The largest absolute Gasteiger partial charge is 0.318 e. The lowest BCUT2D eigenvalue weighted by Gasteiger charge is -2.03. The van der Waals surface area contributed by atoms with Crippen molar-refractivity contribution in [3.8, 4) is 0 Å². The fraction of sp³-hybridized carbons (Fsp3) is 0.188. The Labute approximate surface area is 142 Å². The summed E-state index contributed by atoms with van der Waals surface area (Å²) in [6.07, 6.45) is 5.16. The molecule has 0 radical (unpaired) electrons. The van der Waals surface area contributed by atoms with Gasteiger partial charge in [-0.05, 0) is 28.4 Å². The van der Waals surface area contributed by atoms with Crippen LogP contribution in [0.1, 0.15) is 21.6 Å². The number of hydrogen-bond donors (Lipinski definition) is 1. The van der Waals surface area contributed by atoms with Gasteiger partial charge in [-0.15, -0.1) is 0 Å². The summed E-state index contributed by atoms with van der Waals surface area (Å²) in [6.45, 7) is 2.72. The minimum Gasteiger partial charge on any atom is -0.318 e. The Morgan fingerprint density at radius 2 is 2.17 bits per heavy atom. The highest BCUT2D eigenvalue weighted by Crippen LogP contribution is 2.16. The molecule has 7 heteroatoms. The summed E-state index contributed by atoms with van der Waals surface area (Å²) in [5.74, 6) is -0.271. The molecule has 1 amide bonds. The summed E-state index contributed by atoms with van der Waals surface area (Å²) < 4.78 is 4.03. The normalized spacial score (nSPS) is 10.7. The molecule has 0 aliphatic carbocycles. The van der Waals surface area contributed by atoms with Gasteiger partial charge in [-0.2, -0.15) is 10.2 Å². The summed E-state index contributed by atoms with van der Waals surface area (Å²) >= 11 is 3.32. The summed E-state index contributed by atoms with van der Waals surface area (Å²) in [5, 5.41) is 11.2. The second-order valence-corrected chi connectivity index (χ2v) is 6.22. The number of nitrogens with zero attached hydrogens (tertiary/aromatic N) is 4. The van der Waals surface area contributed by atoms with Gasteiger partial charge < -0.3 is 5.32 Å². The third-order valence-electron chi connectivity index (χ3n) is 3.32. The molecular weight excluding hydrogens is 358 g/mol. The van der Waals surface area contributed by atoms with Crippen molar-refractivity contribution in [2.45, 2.75) is 13.5 Å². The van der Waals surface area contributed by atoms with E-state index in [1.165, 1.54) is 11.1 Å². The maximum atomic E-state index is 12.2. The number of carbonyl (C=O) groups excluding carboxylic acids is 1. The van der Waals surface area contributed by atoms with Gasteiger partial charge in [0, 0.05) is 19.4 Å². The zero-order valence-electron chi connectivity index (χ0n) is 12.8. The average Bonchev–Trinajstić information content (AvgIpc) is 3.05. The Balaban J connectivity index is 1.70. The highest BCUT2D eigenvalue weighted by atomic mass is 79.9. The highest BCUT2D eigenvalue weighted by molar-refractivity contribution is 9.10. The van der Waals surface area contributed by atoms with Crippen molar-refractivity contribution >= 4 is 27.5 Å². The number of rotatable bonds is 4. The van der Waals surface area contributed by atoms with Gasteiger partial charge in [-0.1, -0.05) is 29.8 Å². The van der Waals surface area contributed by atoms with Crippen molar-refractivity contribution in [3.05, 3.63) is 64.1 Å². The molecule has 1 aromatic carbocycles. The molecule has 23 heavy (non-hydrogen) atoms. The van der Waals surface area contributed by atoms with E-state index >= 15 is 0 Å². The van der Waals surface area contributed by atoms with Gasteiger partial charge in [0.05, 0.1) is 22.9 Å². The number of halogens is 1. The molecule has 0 saturated heterocycles. The number of benzene rings is 1. The van der Waals surface area contributed by atoms with Crippen LogP contribution in [-0.4, -0.2) is 25.5 Å². The van der Waals surface area contributed by atoms with Crippen molar-refractivity contribution in [3.63, 3.8) is 0 Å². The van der Waals surface area contributed by atoms with Crippen LogP contribution in [0, 0.1) is 6.92 Å². The van der Waals surface area contributed by atoms with E-state index in [2.05, 4.69) is 56.6 Å². The first-order chi connectivity index (χ1) is 11.0. The van der Waals surface area contributed by atoms with Gasteiger partial charge >= 0.3 is 0 Å². The number of hydrogen-bond acceptors (Lipinski definition) is 3. The molecule has 1 N–H and O–H groups in total. The van der Waals surface area contributed by atoms with Gasteiger partial charge in [-0.25, -0.2) is 0 Å². The second-order valence-electron chi connectivity index (χ2n) is 5.37. The van der Waals surface area contributed by atoms with E-state index in [0.29, 0.717) is 22.4 Å². The summed E-state index contributed by atoms with van der Waals surface area (Å²) in [7, 11) is 1.77. The van der Waals surface area contributed by atoms with Crippen LogP contribution in [0.3, 0.4) is 0 Å². The molecule has 0 aliphatic heterocycles. The molecular formula is C16H16BrN5O. The molecule has 0 spiro atoms. The van der Waals surface area contributed by atoms with Crippen LogP contribution in [0.5, 0.6) is 0 Å². The van der Waals surface area contributed by atoms with Crippen LogP contribution >= 0.6 is 15.9 Å². The van der Waals surface area contributed by atoms with Gasteiger partial charge in [0.2, 0.25) is 0 Å². The Morgan fingerprint density at radius 1 is 1.35 bits per heavy atom. The predicted molar refractivity (Wildman–Crippen MR) is 91.4 cm³/mol. The Bertz CT molecular complexity index is 852. The number of carbonyl (C=O) groups is 1. The van der Waals surface area contributed by atoms with Crippen molar-refractivity contribution in [1.82, 2.24) is 19.6 Å². The molecule has 0 atom stereocenters. The molecule has 0 unspecified atom stereocenters. The maximum Gasteiger partial charge on any atom is 0.277 e. The van der Waals surface area contributed by atoms with E-state index in [1.807, 2.05) is 6.07 Å². The number of amides is 1. The monoisotopic (exact) mass is 373 g/mol. The van der Waals surface area contributed by atoms with Crippen LogP contribution < -0.4 is 5.32 Å². The first kappa shape index (κ1) is 15.5. The van der Waals surface area contributed by atoms with Crippen LogP contribution in [0.25, 0.3) is 0 Å². The molecule has 3 aromatic rings. The number of aryl methyl sites for hydroxylation is 2. The summed E-state index contributed by atoms with van der Waals surface area (Å²) in [4.78, 5) is 12.2. The molecule has 3 rings (SSSR count). The third kappa shape index (κ3) is 3.68. The number of anilines is 1. The molecule has 2 aromatic heterocycles. The minimum atomic E-state index is -0.271. The lowest BCUT2D eigenvalue weighted by atomic mass is 10.1. The zero-order valence-corrected chi connectivity index (χ0v) is 14.4. The van der Waals surface area contributed by atoms with Gasteiger partial charge in [-0.3, -0.25) is 14.2 Å². The number of nitrogens with one attached hydrogen (secondary N) is 1. The first-order valence-electron chi connectivity index (χ1n) is 7.10. The molecule has 118 valence electrons. The zero-order chi connectivity index (χ0) is 16.4. The smallest absolute Gasteiger partial charge is 0.277 e.